The SMILES string of the molecule is C=C[C@]1(C)C[C@@H](OC(=O)CSc2ncccc2N)[C@]2(C)[C@H](C)CC[C@]3(CCC(=O)[C@H]32)[C@@H](C)[C@@H]1O. The second kappa shape index (κ2) is 8.98. The van der Waals surface area contributed by atoms with Crippen LogP contribution in [0.4, 0.5) is 5.69 Å². The number of thioether (sulfide) groups is 1. The first-order valence-electron chi connectivity index (χ1n) is 12.4. The Hall–Kier alpha value is -1.86. The summed E-state index contributed by atoms with van der Waals surface area (Å²) in [7, 11) is 0. The van der Waals surface area contributed by atoms with E-state index in [0.29, 0.717) is 23.6 Å². The predicted octanol–water partition coefficient (Wildman–Crippen LogP) is 4.66. The summed E-state index contributed by atoms with van der Waals surface area (Å²) in [5.74, 6) is -0.0779. The summed E-state index contributed by atoms with van der Waals surface area (Å²) in [4.78, 5) is 30.8. The van der Waals surface area contributed by atoms with E-state index >= 15 is 0 Å². The molecular formula is C27H38N2O4S. The van der Waals surface area contributed by atoms with Crippen molar-refractivity contribution in [2.75, 3.05) is 11.5 Å². The number of aliphatic hydroxyl groups is 1. The first-order chi connectivity index (χ1) is 16.0. The number of nitrogen functional groups attached to an aromatic ring is 1. The number of esters is 1. The molecule has 3 fully saturated rings. The topological polar surface area (TPSA) is 103 Å². The Labute approximate surface area is 207 Å². The Morgan fingerprint density at radius 1 is 1.38 bits per heavy atom. The Kier molecular flexibility index (Phi) is 6.66. The van der Waals surface area contributed by atoms with Gasteiger partial charge in [-0.1, -0.05) is 45.5 Å². The number of rotatable bonds is 5. The normalized spacial score (nSPS) is 41.8. The van der Waals surface area contributed by atoms with Gasteiger partial charge in [0.25, 0.3) is 0 Å². The molecule has 34 heavy (non-hydrogen) atoms. The number of ether oxygens (including phenoxy) is 1. The van der Waals surface area contributed by atoms with Crippen molar-refractivity contribution in [3.63, 3.8) is 0 Å². The van der Waals surface area contributed by atoms with E-state index in [-0.39, 0.29) is 40.7 Å². The molecule has 3 N–H and O–H groups in total. The van der Waals surface area contributed by atoms with Gasteiger partial charge in [0, 0.05) is 29.4 Å². The van der Waals surface area contributed by atoms with Gasteiger partial charge in [-0.3, -0.25) is 9.59 Å². The molecule has 0 radical (unpaired) electrons. The van der Waals surface area contributed by atoms with Crippen LogP contribution in [-0.4, -0.2) is 39.8 Å². The maximum absolute atomic E-state index is 13.4. The molecule has 0 spiro atoms. The minimum atomic E-state index is -0.666. The summed E-state index contributed by atoms with van der Waals surface area (Å²) < 4.78 is 6.24. The fourth-order valence-electron chi connectivity index (χ4n) is 7.35. The van der Waals surface area contributed by atoms with E-state index in [1.807, 2.05) is 13.0 Å². The highest BCUT2D eigenvalue weighted by Gasteiger charge is 2.68. The van der Waals surface area contributed by atoms with Gasteiger partial charge in [0.2, 0.25) is 0 Å². The summed E-state index contributed by atoms with van der Waals surface area (Å²) >= 11 is 1.25. The van der Waals surface area contributed by atoms with Crippen LogP contribution in [0.25, 0.3) is 0 Å². The molecule has 0 aliphatic heterocycles. The third-order valence-electron chi connectivity index (χ3n) is 9.70. The van der Waals surface area contributed by atoms with Crippen molar-refractivity contribution >= 4 is 29.2 Å². The Morgan fingerprint density at radius 2 is 2.12 bits per heavy atom. The van der Waals surface area contributed by atoms with Crippen LogP contribution >= 0.6 is 11.8 Å². The van der Waals surface area contributed by atoms with Crippen LogP contribution in [0.15, 0.2) is 36.0 Å². The fourth-order valence-corrected chi connectivity index (χ4v) is 8.04. The molecule has 1 heterocycles. The van der Waals surface area contributed by atoms with Gasteiger partial charge in [-0.2, -0.15) is 0 Å². The van der Waals surface area contributed by atoms with Crippen LogP contribution in [0, 0.1) is 34.0 Å². The Bertz CT molecular complexity index is 985. The zero-order valence-corrected chi connectivity index (χ0v) is 21.6. The molecule has 4 rings (SSSR count). The first kappa shape index (κ1) is 25.2. The molecule has 6 nitrogen and oxygen atoms in total. The first-order valence-corrected chi connectivity index (χ1v) is 13.4. The number of pyridine rings is 1. The zero-order chi connectivity index (χ0) is 24.9. The molecular weight excluding hydrogens is 448 g/mol. The van der Waals surface area contributed by atoms with Crippen molar-refractivity contribution in [3.05, 3.63) is 31.0 Å². The molecule has 186 valence electrons. The van der Waals surface area contributed by atoms with Crippen LogP contribution in [0.3, 0.4) is 0 Å². The van der Waals surface area contributed by atoms with E-state index in [2.05, 4.69) is 32.3 Å². The zero-order valence-electron chi connectivity index (χ0n) is 20.8. The molecule has 2 bridgehead atoms. The number of anilines is 1. The van der Waals surface area contributed by atoms with Gasteiger partial charge in [0.15, 0.2) is 0 Å². The van der Waals surface area contributed by atoms with Crippen molar-refractivity contribution in [2.45, 2.75) is 77.0 Å². The van der Waals surface area contributed by atoms with Crippen molar-refractivity contribution in [3.8, 4) is 0 Å². The number of hydrogen-bond donors (Lipinski definition) is 2. The van der Waals surface area contributed by atoms with Gasteiger partial charge in [-0.25, -0.2) is 4.98 Å². The molecule has 1 aromatic rings. The number of ketones is 1. The highest BCUT2D eigenvalue weighted by atomic mass is 32.2. The van der Waals surface area contributed by atoms with Gasteiger partial charge in [0.05, 0.1) is 17.5 Å². The summed E-state index contributed by atoms with van der Waals surface area (Å²) in [6, 6.07) is 3.51. The number of Topliss-reactive ketones (excluding diaryl/α,β-unsaturated/α-hetero) is 1. The van der Waals surface area contributed by atoms with Crippen molar-refractivity contribution < 1.29 is 19.4 Å². The van der Waals surface area contributed by atoms with E-state index in [0.717, 1.165) is 19.3 Å². The standard InChI is InChI=1S/C27H38N2O4S/c1-6-25(4)14-20(33-21(31)15-34-24-18(28)8-7-13-29-24)26(5)16(2)9-11-27(17(3)23(25)32)12-10-19(30)22(26)27/h6-8,13,16-17,20,22-23,32H,1,9-12,14-15,28H2,2-5H3/t16-,17+,20-,22+,23+,25-,26+,27+/m1/s1. The average molecular weight is 487 g/mol. The smallest absolute Gasteiger partial charge is 0.316 e. The van der Waals surface area contributed by atoms with Gasteiger partial charge in [-0.15, -0.1) is 6.58 Å². The van der Waals surface area contributed by atoms with Gasteiger partial charge >= 0.3 is 5.97 Å². The molecule has 0 aromatic carbocycles. The largest absolute Gasteiger partial charge is 0.461 e. The monoisotopic (exact) mass is 486 g/mol. The number of carbonyl (C=O) groups excluding carboxylic acids is 2. The lowest BCUT2D eigenvalue weighted by atomic mass is 9.44. The quantitative estimate of drug-likeness (QED) is 0.354. The lowest BCUT2D eigenvalue weighted by molar-refractivity contribution is -0.205. The minimum Gasteiger partial charge on any atom is -0.461 e. The summed E-state index contributed by atoms with van der Waals surface area (Å²) in [5.41, 5.74) is 5.09. The summed E-state index contributed by atoms with van der Waals surface area (Å²) in [6.07, 6.45) is 5.92. The van der Waals surface area contributed by atoms with Gasteiger partial charge < -0.3 is 15.6 Å². The second-order valence-corrected chi connectivity index (χ2v) is 12.2. The van der Waals surface area contributed by atoms with Crippen LogP contribution in [-0.2, 0) is 14.3 Å². The highest BCUT2D eigenvalue weighted by molar-refractivity contribution is 8.00. The number of carbonyl (C=O) groups is 2. The molecule has 3 aliphatic rings. The molecule has 1 aromatic heterocycles. The van der Waals surface area contributed by atoms with Crippen molar-refractivity contribution in [1.29, 1.82) is 0 Å². The number of aromatic nitrogens is 1. The van der Waals surface area contributed by atoms with Crippen LogP contribution in [0.2, 0.25) is 0 Å². The van der Waals surface area contributed by atoms with Crippen LogP contribution < -0.4 is 5.73 Å². The number of aliphatic hydroxyl groups excluding tert-OH is 1. The van der Waals surface area contributed by atoms with Crippen LogP contribution in [0.1, 0.15) is 59.8 Å². The Balaban J connectivity index is 1.69. The maximum atomic E-state index is 13.4. The lowest BCUT2D eigenvalue weighted by Crippen LogP contribution is -2.63. The highest BCUT2D eigenvalue weighted by Crippen LogP contribution is 2.68. The third-order valence-corrected chi connectivity index (χ3v) is 10.7. The average Bonchev–Trinajstić information content (AvgIpc) is 3.17. The van der Waals surface area contributed by atoms with E-state index < -0.39 is 23.0 Å². The van der Waals surface area contributed by atoms with E-state index in [1.54, 1.807) is 18.3 Å². The molecule has 0 saturated heterocycles. The lowest BCUT2D eigenvalue weighted by Gasteiger charge is -2.61. The fraction of sp³-hybridized carbons (Fsp3) is 0.667. The van der Waals surface area contributed by atoms with Crippen LogP contribution in [0.5, 0.6) is 0 Å². The summed E-state index contributed by atoms with van der Waals surface area (Å²) in [6.45, 7) is 12.5. The number of nitrogens with zero attached hydrogens (tertiary/aromatic N) is 1. The van der Waals surface area contributed by atoms with E-state index in [9.17, 15) is 14.7 Å². The van der Waals surface area contributed by atoms with Crippen molar-refractivity contribution in [2.24, 2.45) is 34.0 Å². The minimum absolute atomic E-state index is 0.0434. The molecule has 7 heteroatoms. The molecule has 3 aliphatic carbocycles. The maximum Gasteiger partial charge on any atom is 0.316 e. The molecule has 0 unspecified atom stereocenters. The Morgan fingerprint density at radius 3 is 2.79 bits per heavy atom. The van der Waals surface area contributed by atoms with Gasteiger partial charge in [-0.05, 0) is 55.1 Å². The summed E-state index contributed by atoms with van der Waals surface area (Å²) in [5, 5.41) is 12.2. The molecule has 3 saturated carbocycles. The number of nitrogens with two attached hydrogens (primary N) is 1. The van der Waals surface area contributed by atoms with Gasteiger partial charge in [0.1, 0.15) is 16.9 Å². The third kappa shape index (κ3) is 3.79. The molecule has 0 amide bonds. The molecule has 8 atom stereocenters. The van der Waals surface area contributed by atoms with Crippen molar-refractivity contribution in [1.82, 2.24) is 4.98 Å². The van der Waals surface area contributed by atoms with E-state index in [1.165, 1.54) is 11.8 Å². The van der Waals surface area contributed by atoms with E-state index in [4.69, 9.17) is 10.5 Å². The second-order valence-electron chi connectivity index (χ2n) is 11.3. The predicted molar refractivity (Wildman–Crippen MR) is 134 cm³/mol. The number of hydrogen-bond acceptors (Lipinski definition) is 7.